The number of aliphatic hydroxyl groups is 2. The fourth-order valence-corrected chi connectivity index (χ4v) is 10.7. The number of nitrogens with zero attached hydrogens (tertiary/aromatic N) is 1. The summed E-state index contributed by atoms with van der Waals surface area (Å²) in [6.45, 7) is 8.55. The molecule has 0 radical (unpaired) electrons. The van der Waals surface area contributed by atoms with Crippen molar-refractivity contribution in [1.29, 1.82) is 0 Å². The molecule has 5 nitrogen and oxygen atoms in total. The molecule has 4 fully saturated rings. The molecule has 4 aliphatic carbocycles. The minimum absolute atomic E-state index is 0.0610. The van der Waals surface area contributed by atoms with E-state index in [0.717, 1.165) is 45.8 Å². The summed E-state index contributed by atoms with van der Waals surface area (Å²) in [4.78, 5) is 4.54. The smallest absolute Gasteiger partial charge is 0.385 e. The van der Waals surface area contributed by atoms with Crippen LogP contribution in [0.25, 0.3) is 0 Å². The Balaban J connectivity index is 1.27. The lowest BCUT2D eigenvalue weighted by Crippen LogP contribution is -2.65. The third kappa shape index (κ3) is 5.31. The number of benzene rings is 1. The van der Waals surface area contributed by atoms with Gasteiger partial charge in [0.2, 0.25) is 0 Å². The molecule has 0 bridgehead atoms. The van der Waals surface area contributed by atoms with E-state index in [1.54, 1.807) is 11.3 Å². The Morgan fingerprint density at radius 3 is 2.25 bits per heavy atom. The van der Waals surface area contributed by atoms with Crippen LogP contribution in [0, 0.1) is 29.6 Å². The molecule has 11 heteroatoms. The van der Waals surface area contributed by atoms with Crippen molar-refractivity contribution in [2.45, 2.75) is 127 Å². The molecule has 2 N–H and O–H groups in total. The average molecular weight is 696 g/mol. The molecule has 48 heavy (non-hydrogen) atoms. The zero-order valence-electron chi connectivity index (χ0n) is 28.1. The molecule has 5 aliphatic rings. The number of halogens is 5. The van der Waals surface area contributed by atoms with Gasteiger partial charge in [0.25, 0.3) is 0 Å². The molecule has 0 amide bonds. The van der Waals surface area contributed by atoms with Gasteiger partial charge in [-0.3, -0.25) is 0 Å². The number of hydrogen-bond acceptors (Lipinski definition) is 6. The maximum Gasteiger partial charge on any atom is 0.456 e. The summed E-state index contributed by atoms with van der Waals surface area (Å²) >= 11 is 1.60. The van der Waals surface area contributed by atoms with Crippen LogP contribution in [-0.4, -0.2) is 57.5 Å². The quantitative estimate of drug-likeness (QED) is 0.243. The Labute approximate surface area is 282 Å². The largest absolute Gasteiger partial charge is 0.456 e. The normalized spacial score (nSPS) is 36.1. The van der Waals surface area contributed by atoms with E-state index < -0.39 is 52.8 Å². The lowest BCUT2D eigenvalue weighted by atomic mass is 9.49. The summed E-state index contributed by atoms with van der Waals surface area (Å²) in [5, 5.41) is 27.0. The molecular formula is C37H46F5NO4S. The number of rotatable bonds is 5. The highest BCUT2D eigenvalue weighted by molar-refractivity contribution is 7.09. The van der Waals surface area contributed by atoms with Gasteiger partial charge in [-0.25, -0.2) is 4.98 Å². The second-order valence-corrected chi connectivity index (χ2v) is 17.4. The van der Waals surface area contributed by atoms with Crippen molar-refractivity contribution in [2.24, 2.45) is 22.7 Å². The van der Waals surface area contributed by atoms with Crippen molar-refractivity contribution >= 4 is 11.3 Å². The van der Waals surface area contributed by atoms with Crippen LogP contribution in [0.2, 0.25) is 0 Å². The second-order valence-electron chi connectivity index (χ2n) is 16.3. The van der Waals surface area contributed by atoms with Crippen LogP contribution in [0.5, 0.6) is 0 Å². The number of aryl methyl sites for hydroxylation is 3. The first-order chi connectivity index (χ1) is 22.3. The van der Waals surface area contributed by atoms with E-state index in [2.05, 4.69) is 18.8 Å². The van der Waals surface area contributed by atoms with Crippen LogP contribution in [-0.2, 0) is 22.3 Å². The molecule has 3 saturated carbocycles. The molecule has 2 heterocycles. The van der Waals surface area contributed by atoms with Crippen molar-refractivity contribution in [1.82, 2.24) is 4.98 Å². The molecular weight excluding hydrogens is 649 g/mol. The van der Waals surface area contributed by atoms with Crippen LogP contribution in [0.15, 0.2) is 40.8 Å². The SMILES string of the molecule is Cc1nc(CCc2ccc([C@H]3C[C@@]4(C)[C@@H](CC[C@@]4(O)C(F)(F)C(F)(F)F)[C@@H]4CC[C@@]5(O)CC6(CCC5=C43)OCC(C)(C)CO6)cc2)cs1. The van der Waals surface area contributed by atoms with E-state index >= 15 is 8.78 Å². The van der Waals surface area contributed by atoms with Crippen LogP contribution < -0.4 is 0 Å². The van der Waals surface area contributed by atoms with Gasteiger partial charge < -0.3 is 19.7 Å². The first-order valence-electron chi connectivity index (χ1n) is 17.2. The highest BCUT2D eigenvalue weighted by Crippen LogP contribution is 2.71. The van der Waals surface area contributed by atoms with Crippen LogP contribution in [0.3, 0.4) is 0 Å². The van der Waals surface area contributed by atoms with Crippen LogP contribution in [0.1, 0.15) is 99.9 Å². The second kappa shape index (κ2) is 11.3. The summed E-state index contributed by atoms with van der Waals surface area (Å²) in [7, 11) is 0. The Morgan fingerprint density at radius 2 is 1.62 bits per heavy atom. The summed E-state index contributed by atoms with van der Waals surface area (Å²) in [6, 6.07) is 7.88. The molecule has 264 valence electrons. The molecule has 1 aromatic heterocycles. The third-order valence-corrected chi connectivity index (χ3v) is 13.4. The molecule has 1 aliphatic heterocycles. The predicted octanol–water partition coefficient (Wildman–Crippen LogP) is 8.46. The molecule has 0 unspecified atom stereocenters. The molecule has 2 aromatic rings. The van der Waals surface area contributed by atoms with Crippen molar-refractivity contribution in [3.63, 3.8) is 0 Å². The van der Waals surface area contributed by atoms with Crippen LogP contribution in [0.4, 0.5) is 22.0 Å². The predicted molar refractivity (Wildman–Crippen MR) is 172 cm³/mol. The Hall–Kier alpha value is -1.92. The monoisotopic (exact) mass is 695 g/mol. The summed E-state index contributed by atoms with van der Waals surface area (Å²) in [5.41, 5.74) is -1.65. The maximum absolute atomic E-state index is 15.4. The maximum atomic E-state index is 15.4. The minimum Gasteiger partial charge on any atom is -0.385 e. The van der Waals surface area contributed by atoms with Gasteiger partial charge in [-0.1, -0.05) is 50.6 Å². The fourth-order valence-electron chi connectivity index (χ4n) is 10.0. The lowest BCUT2D eigenvalue weighted by molar-refractivity contribution is -0.362. The molecule has 1 aromatic carbocycles. The average Bonchev–Trinajstić information content (AvgIpc) is 3.56. The minimum atomic E-state index is -5.88. The topological polar surface area (TPSA) is 71.8 Å². The van der Waals surface area contributed by atoms with E-state index in [1.165, 1.54) is 6.92 Å². The number of aromatic nitrogens is 1. The number of ether oxygens (including phenoxy) is 2. The van der Waals surface area contributed by atoms with Gasteiger partial charge in [0.15, 0.2) is 5.79 Å². The molecule has 6 atom stereocenters. The van der Waals surface area contributed by atoms with E-state index in [9.17, 15) is 23.4 Å². The zero-order chi connectivity index (χ0) is 34.5. The van der Waals surface area contributed by atoms with E-state index in [1.807, 2.05) is 36.6 Å². The van der Waals surface area contributed by atoms with Gasteiger partial charge >= 0.3 is 12.1 Å². The Kier molecular flexibility index (Phi) is 8.12. The van der Waals surface area contributed by atoms with E-state index in [0.29, 0.717) is 38.9 Å². The third-order valence-electron chi connectivity index (χ3n) is 12.6. The van der Waals surface area contributed by atoms with Gasteiger partial charge in [0.05, 0.1) is 29.5 Å². The van der Waals surface area contributed by atoms with Gasteiger partial charge in [-0.2, -0.15) is 22.0 Å². The highest BCUT2D eigenvalue weighted by atomic mass is 32.1. The standard InChI is InChI=1S/C37H46F5NO4S/c1-22-43-25(18-48-22)10-7-23-5-8-24(9-6-23)27-17-32(4)28(13-16-35(32,45)36(38,39)37(40,41)42)26-11-14-33(44)19-34(15-12-29(33)30(26)27)46-20-31(2,3)21-47-34/h5-6,8-9,18,26-28,44-45H,7,10-17,19-21H2,1-4H3/t26-,27+,28-,32-,33+,35-/m0/s1. The van der Waals surface area contributed by atoms with Crippen molar-refractivity contribution in [3.8, 4) is 0 Å². The van der Waals surface area contributed by atoms with Crippen LogP contribution >= 0.6 is 11.3 Å². The van der Waals surface area contributed by atoms with Crippen molar-refractivity contribution < 1.29 is 41.6 Å². The lowest BCUT2D eigenvalue weighted by Gasteiger charge is -2.59. The number of allylic oxidation sites excluding steroid dienone is 1. The molecule has 7 rings (SSSR count). The Morgan fingerprint density at radius 1 is 0.938 bits per heavy atom. The fraction of sp³-hybridized carbons (Fsp3) is 0.703. The Bertz CT molecular complexity index is 1580. The molecule has 1 spiro atoms. The number of thiazole rings is 1. The van der Waals surface area contributed by atoms with Gasteiger partial charge in [-0.05, 0) is 86.8 Å². The number of fused-ring (bicyclic) bond motifs is 4. The zero-order valence-corrected chi connectivity index (χ0v) is 28.9. The van der Waals surface area contributed by atoms with Crippen molar-refractivity contribution in [2.75, 3.05) is 13.2 Å². The summed E-state index contributed by atoms with van der Waals surface area (Å²) in [5.74, 6) is -7.65. The number of alkyl halides is 5. The van der Waals surface area contributed by atoms with Gasteiger partial charge in [0, 0.05) is 35.0 Å². The molecule has 1 saturated heterocycles. The summed E-state index contributed by atoms with van der Waals surface area (Å²) < 4.78 is 85.3. The summed E-state index contributed by atoms with van der Waals surface area (Å²) in [6.07, 6.45) is -3.00. The first kappa shape index (κ1) is 34.5. The van der Waals surface area contributed by atoms with E-state index in [-0.39, 0.29) is 30.6 Å². The first-order valence-corrected chi connectivity index (χ1v) is 18.1. The highest BCUT2D eigenvalue weighted by Gasteiger charge is 2.79. The van der Waals surface area contributed by atoms with E-state index in [4.69, 9.17) is 9.47 Å². The van der Waals surface area contributed by atoms with Gasteiger partial charge in [0.1, 0.15) is 5.60 Å². The van der Waals surface area contributed by atoms with Crippen molar-refractivity contribution in [3.05, 3.63) is 62.6 Å². The number of hydrogen-bond donors (Lipinski definition) is 2. The van der Waals surface area contributed by atoms with Gasteiger partial charge in [-0.15, -0.1) is 11.3 Å².